The van der Waals surface area contributed by atoms with E-state index >= 15 is 0 Å². The van der Waals surface area contributed by atoms with Crippen LogP contribution in [-0.4, -0.2) is 44.3 Å². The minimum Gasteiger partial charge on any atom is -0.354 e. The lowest BCUT2D eigenvalue weighted by Crippen LogP contribution is -2.52. The number of nitrogens with one attached hydrogen (secondary N) is 1. The third kappa shape index (κ3) is 7.94. The molecule has 0 fully saturated rings. The van der Waals surface area contributed by atoms with Gasteiger partial charge in [-0.25, -0.2) is 12.8 Å². The number of aryl methyl sites for hydroxylation is 2. The minimum atomic E-state index is -4.15. The largest absolute Gasteiger partial charge is 0.354 e. The molecular formula is C32H40FN3O4S. The first-order valence-corrected chi connectivity index (χ1v) is 15.4. The molecule has 0 bridgehead atoms. The molecule has 0 heterocycles. The van der Waals surface area contributed by atoms with E-state index in [1.54, 1.807) is 43.3 Å². The number of amides is 2. The summed E-state index contributed by atoms with van der Waals surface area (Å²) in [6.45, 7) is 9.37. The van der Waals surface area contributed by atoms with Gasteiger partial charge in [0.2, 0.25) is 11.8 Å². The molecule has 3 aromatic rings. The van der Waals surface area contributed by atoms with E-state index in [4.69, 9.17) is 0 Å². The van der Waals surface area contributed by atoms with Crippen molar-refractivity contribution in [3.63, 3.8) is 0 Å². The molecular weight excluding hydrogens is 541 g/mol. The predicted molar refractivity (Wildman–Crippen MR) is 161 cm³/mol. The summed E-state index contributed by atoms with van der Waals surface area (Å²) in [5.74, 6) is -1.26. The second kappa shape index (κ2) is 14.3. The molecule has 0 spiro atoms. The Balaban J connectivity index is 2.07. The zero-order chi connectivity index (χ0) is 30.2. The van der Waals surface area contributed by atoms with Crippen LogP contribution < -0.4 is 9.62 Å². The van der Waals surface area contributed by atoms with Crippen LogP contribution >= 0.6 is 0 Å². The van der Waals surface area contributed by atoms with Crippen molar-refractivity contribution in [3.05, 3.63) is 94.8 Å². The third-order valence-corrected chi connectivity index (χ3v) is 8.99. The maximum absolute atomic E-state index is 14.1. The van der Waals surface area contributed by atoms with Crippen molar-refractivity contribution in [2.45, 2.75) is 71.4 Å². The maximum Gasteiger partial charge on any atom is 0.264 e. The van der Waals surface area contributed by atoms with Gasteiger partial charge in [-0.2, -0.15) is 0 Å². The van der Waals surface area contributed by atoms with E-state index in [-0.39, 0.29) is 17.3 Å². The molecule has 3 aromatic carbocycles. The third-order valence-electron chi connectivity index (χ3n) is 7.21. The predicted octanol–water partition coefficient (Wildman–Crippen LogP) is 5.67. The fourth-order valence-corrected chi connectivity index (χ4v) is 6.04. The summed E-state index contributed by atoms with van der Waals surface area (Å²) in [4.78, 5) is 28.8. The molecule has 1 atom stereocenters. The standard InChI is InChI=1S/C32H40FN3O4S/c1-6-8-20-34-32(38)29(7-2)35(21-26-14-16-27(33)17-15-26)31(37)22-36(30-11-9-10-24(4)25(30)5)41(39,40)28-18-12-23(3)13-19-28/h9-19,29H,6-8,20-22H2,1-5H3,(H,34,38). The second-order valence-electron chi connectivity index (χ2n) is 10.3. The maximum atomic E-state index is 14.1. The van der Waals surface area contributed by atoms with Gasteiger partial charge in [-0.15, -0.1) is 0 Å². The van der Waals surface area contributed by atoms with E-state index < -0.39 is 34.3 Å². The number of unbranched alkanes of at least 4 members (excludes halogenated alkanes) is 1. The van der Waals surface area contributed by atoms with E-state index in [9.17, 15) is 22.4 Å². The number of nitrogens with zero attached hydrogens (tertiary/aromatic N) is 2. The summed E-state index contributed by atoms with van der Waals surface area (Å²) >= 11 is 0. The molecule has 0 aliphatic rings. The normalized spacial score (nSPS) is 12.0. The highest BCUT2D eigenvalue weighted by atomic mass is 32.2. The van der Waals surface area contributed by atoms with E-state index in [1.807, 2.05) is 33.8 Å². The fraction of sp³-hybridized carbons (Fsp3) is 0.375. The van der Waals surface area contributed by atoms with Crippen LogP contribution in [-0.2, 0) is 26.2 Å². The Bertz CT molecular complexity index is 1440. The molecule has 0 aliphatic carbocycles. The van der Waals surface area contributed by atoms with E-state index in [0.717, 1.165) is 33.8 Å². The number of halogens is 1. The van der Waals surface area contributed by atoms with E-state index in [1.165, 1.54) is 29.2 Å². The van der Waals surface area contributed by atoms with Crippen molar-refractivity contribution in [2.24, 2.45) is 0 Å². The number of carbonyl (C=O) groups is 2. The van der Waals surface area contributed by atoms with Crippen LogP contribution in [0, 0.1) is 26.6 Å². The first-order valence-electron chi connectivity index (χ1n) is 14.0. The van der Waals surface area contributed by atoms with Gasteiger partial charge < -0.3 is 10.2 Å². The first kappa shape index (κ1) is 31.8. The van der Waals surface area contributed by atoms with Gasteiger partial charge in [-0.3, -0.25) is 13.9 Å². The second-order valence-corrected chi connectivity index (χ2v) is 12.1. The Morgan fingerprint density at radius 1 is 0.927 bits per heavy atom. The van der Waals surface area contributed by atoms with Crippen molar-refractivity contribution in [3.8, 4) is 0 Å². The molecule has 9 heteroatoms. The molecule has 0 saturated heterocycles. The molecule has 41 heavy (non-hydrogen) atoms. The number of sulfonamides is 1. The smallest absolute Gasteiger partial charge is 0.264 e. The summed E-state index contributed by atoms with van der Waals surface area (Å²) in [5, 5.41) is 2.90. The molecule has 2 amide bonds. The number of benzene rings is 3. The lowest BCUT2D eigenvalue weighted by molar-refractivity contribution is -0.140. The first-order chi connectivity index (χ1) is 19.5. The fourth-order valence-electron chi connectivity index (χ4n) is 4.57. The number of hydrogen-bond acceptors (Lipinski definition) is 4. The Morgan fingerprint density at radius 3 is 2.20 bits per heavy atom. The molecule has 1 unspecified atom stereocenters. The van der Waals surface area contributed by atoms with E-state index in [2.05, 4.69) is 5.32 Å². The Morgan fingerprint density at radius 2 is 1.59 bits per heavy atom. The van der Waals surface area contributed by atoms with E-state index in [0.29, 0.717) is 24.2 Å². The Labute approximate surface area is 243 Å². The molecule has 220 valence electrons. The summed E-state index contributed by atoms with van der Waals surface area (Å²) in [5.41, 5.74) is 3.53. The Kier molecular flexibility index (Phi) is 11.1. The van der Waals surface area contributed by atoms with Gasteiger partial charge in [0.25, 0.3) is 10.0 Å². The van der Waals surface area contributed by atoms with Gasteiger partial charge >= 0.3 is 0 Å². The van der Waals surface area contributed by atoms with Gasteiger partial charge in [-0.1, -0.05) is 62.2 Å². The summed E-state index contributed by atoms with van der Waals surface area (Å²) < 4.78 is 42.9. The van der Waals surface area contributed by atoms with Crippen LogP contribution in [0.3, 0.4) is 0 Å². The lowest BCUT2D eigenvalue weighted by atomic mass is 10.1. The molecule has 1 N–H and O–H groups in total. The van der Waals surface area contributed by atoms with Gasteiger partial charge in [0.1, 0.15) is 18.4 Å². The van der Waals surface area contributed by atoms with Crippen molar-refractivity contribution < 1.29 is 22.4 Å². The minimum absolute atomic E-state index is 0.0179. The highest BCUT2D eigenvalue weighted by Gasteiger charge is 2.34. The van der Waals surface area contributed by atoms with Crippen LogP contribution in [0.2, 0.25) is 0 Å². The van der Waals surface area contributed by atoms with Crippen LogP contribution in [0.5, 0.6) is 0 Å². The van der Waals surface area contributed by atoms with Gasteiger partial charge in [0, 0.05) is 13.1 Å². The summed E-state index contributed by atoms with van der Waals surface area (Å²) in [6, 6.07) is 16.7. The average Bonchev–Trinajstić information content (AvgIpc) is 2.94. The van der Waals surface area contributed by atoms with Crippen LogP contribution in [0.1, 0.15) is 55.4 Å². The molecule has 0 aromatic heterocycles. The van der Waals surface area contributed by atoms with Crippen LogP contribution in [0.4, 0.5) is 10.1 Å². The highest BCUT2D eigenvalue weighted by molar-refractivity contribution is 7.92. The average molecular weight is 582 g/mol. The molecule has 3 rings (SSSR count). The monoisotopic (exact) mass is 581 g/mol. The topological polar surface area (TPSA) is 86.8 Å². The quantitative estimate of drug-likeness (QED) is 0.264. The summed E-state index contributed by atoms with van der Waals surface area (Å²) in [7, 11) is -4.15. The number of rotatable bonds is 13. The van der Waals surface area contributed by atoms with Gasteiger partial charge in [0.05, 0.1) is 10.6 Å². The van der Waals surface area contributed by atoms with Crippen molar-refractivity contribution in [1.29, 1.82) is 0 Å². The number of carbonyl (C=O) groups excluding carboxylic acids is 2. The van der Waals surface area contributed by atoms with Crippen LogP contribution in [0.15, 0.2) is 71.6 Å². The van der Waals surface area contributed by atoms with Crippen molar-refractivity contribution in [2.75, 3.05) is 17.4 Å². The zero-order valence-electron chi connectivity index (χ0n) is 24.5. The van der Waals surface area contributed by atoms with Gasteiger partial charge in [-0.05, 0) is 80.6 Å². The van der Waals surface area contributed by atoms with Crippen LogP contribution in [0.25, 0.3) is 0 Å². The zero-order valence-corrected chi connectivity index (χ0v) is 25.3. The molecule has 7 nitrogen and oxygen atoms in total. The van der Waals surface area contributed by atoms with Crippen molar-refractivity contribution in [1.82, 2.24) is 10.2 Å². The molecule has 0 radical (unpaired) electrons. The molecule has 0 saturated carbocycles. The highest BCUT2D eigenvalue weighted by Crippen LogP contribution is 2.29. The lowest BCUT2D eigenvalue weighted by Gasteiger charge is -2.33. The SMILES string of the molecule is CCCCNC(=O)C(CC)N(Cc1ccc(F)cc1)C(=O)CN(c1cccc(C)c1C)S(=O)(=O)c1ccc(C)cc1. The Hall–Kier alpha value is -3.72. The number of hydrogen-bond donors (Lipinski definition) is 1. The molecule has 0 aliphatic heterocycles. The summed E-state index contributed by atoms with van der Waals surface area (Å²) in [6.07, 6.45) is 2.01. The number of anilines is 1. The van der Waals surface area contributed by atoms with Crippen molar-refractivity contribution >= 4 is 27.5 Å². The van der Waals surface area contributed by atoms with Gasteiger partial charge in [0.15, 0.2) is 0 Å².